The SMILES string of the molecule is CC1CC1NCC1(C)CCN(C(=O)C2(N)CCCC2)CC1. The molecule has 1 saturated heterocycles. The number of amides is 1. The molecule has 4 nitrogen and oxygen atoms in total. The highest BCUT2D eigenvalue weighted by Crippen LogP contribution is 2.36. The van der Waals surface area contributed by atoms with E-state index in [-0.39, 0.29) is 5.91 Å². The van der Waals surface area contributed by atoms with E-state index in [1.54, 1.807) is 0 Å². The number of hydrogen-bond acceptors (Lipinski definition) is 3. The van der Waals surface area contributed by atoms with Crippen molar-refractivity contribution in [2.75, 3.05) is 19.6 Å². The molecule has 120 valence electrons. The molecule has 0 aromatic rings. The Bertz CT molecular complexity index is 395. The molecular weight excluding hydrogens is 262 g/mol. The molecule has 4 heteroatoms. The summed E-state index contributed by atoms with van der Waals surface area (Å²) in [6, 6.07) is 0.743. The Morgan fingerprint density at radius 2 is 1.81 bits per heavy atom. The largest absolute Gasteiger partial charge is 0.341 e. The van der Waals surface area contributed by atoms with E-state index in [0.29, 0.717) is 5.41 Å². The van der Waals surface area contributed by atoms with Gasteiger partial charge in [0.2, 0.25) is 5.91 Å². The van der Waals surface area contributed by atoms with Crippen LogP contribution in [-0.2, 0) is 4.79 Å². The van der Waals surface area contributed by atoms with Crippen LogP contribution in [0.3, 0.4) is 0 Å². The Labute approximate surface area is 128 Å². The van der Waals surface area contributed by atoms with Crippen molar-refractivity contribution in [2.45, 2.75) is 70.4 Å². The van der Waals surface area contributed by atoms with Gasteiger partial charge in [-0.3, -0.25) is 4.79 Å². The topological polar surface area (TPSA) is 58.4 Å². The van der Waals surface area contributed by atoms with Crippen molar-refractivity contribution in [3.05, 3.63) is 0 Å². The standard InChI is InChI=1S/C17H31N3O/c1-13-11-14(13)19-12-16(2)7-9-20(10-8-16)15(21)17(18)5-3-4-6-17/h13-14,19H,3-12,18H2,1-2H3. The average molecular weight is 293 g/mol. The van der Waals surface area contributed by atoms with Crippen LogP contribution >= 0.6 is 0 Å². The van der Waals surface area contributed by atoms with Crippen LogP contribution < -0.4 is 11.1 Å². The van der Waals surface area contributed by atoms with Crippen LogP contribution in [0.2, 0.25) is 0 Å². The molecule has 0 radical (unpaired) electrons. The molecule has 3 fully saturated rings. The quantitative estimate of drug-likeness (QED) is 0.832. The fraction of sp³-hybridized carbons (Fsp3) is 0.941. The molecule has 3 rings (SSSR count). The zero-order chi connectivity index (χ0) is 15.1. The van der Waals surface area contributed by atoms with Crippen LogP contribution in [0, 0.1) is 11.3 Å². The number of nitrogens with one attached hydrogen (secondary N) is 1. The molecule has 0 aromatic carbocycles. The van der Waals surface area contributed by atoms with E-state index >= 15 is 0 Å². The number of piperidine rings is 1. The van der Waals surface area contributed by atoms with Gasteiger partial charge in [-0.1, -0.05) is 26.7 Å². The van der Waals surface area contributed by atoms with E-state index in [0.717, 1.165) is 70.1 Å². The van der Waals surface area contributed by atoms with Gasteiger partial charge in [-0.2, -0.15) is 0 Å². The molecule has 21 heavy (non-hydrogen) atoms. The zero-order valence-corrected chi connectivity index (χ0v) is 13.7. The Morgan fingerprint density at radius 3 is 2.33 bits per heavy atom. The molecule has 1 amide bonds. The summed E-state index contributed by atoms with van der Waals surface area (Å²) in [5, 5.41) is 3.70. The molecule has 2 atom stereocenters. The summed E-state index contributed by atoms with van der Waals surface area (Å²) in [7, 11) is 0. The first-order valence-corrected chi connectivity index (χ1v) is 8.74. The fourth-order valence-electron chi connectivity index (χ4n) is 3.95. The van der Waals surface area contributed by atoms with Crippen molar-refractivity contribution in [2.24, 2.45) is 17.1 Å². The van der Waals surface area contributed by atoms with Crippen LogP contribution in [0.4, 0.5) is 0 Å². The van der Waals surface area contributed by atoms with Crippen molar-refractivity contribution in [3.63, 3.8) is 0 Å². The van der Waals surface area contributed by atoms with E-state index in [4.69, 9.17) is 5.73 Å². The summed E-state index contributed by atoms with van der Waals surface area (Å²) >= 11 is 0. The first-order valence-electron chi connectivity index (χ1n) is 8.74. The zero-order valence-electron chi connectivity index (χ0n) is 13.7. The third kappa shape index (κ3) is 3.26. The van der Waals surface area contributed by atoms with Gasteiger partial charge >= 0.3 is 0 Å². The van der Waals surface area contributed by atoms with Gasteiger partial charge in [-0.05, 0) is 43.4 Å². The number of carbonyl (C=O) groups is 1. The van der Waals surface area contributed by atoms with Gasteiger partial charge in [0.05, 0.1) is 5.54 Å². The highest BCUT2D eigenvalue weighted by atomic mass is 16.2. The van der Waals surface area contributed by atoms with Gasteiger partial charge in [-0.25, -0.2) is 0 Å². The third-order valence-corrected chi connectivity index (χ3v) is 6.08. The van der Waals surface area contributed by atoms with Crippen molar-refractivity contribution >= 4 is 5.91 Å². The van der Waals surface area contributed by atoms with Crippen molar-refractivity contribution in [3.8, 4) is 0 Å². The maximum Gasteiger partial charge on any atom is 0.242 e. The highest BCUT2D eigenvalue weighted by Gasteiger charge is 2.42. The lowest BCUT2D eigenvalue weighted by molar-refractivity contribution is -0.139. The summed E-state index contributed by atoms with van der Waals surface area (Å²) in [6.45, 7) is 7.54. The lowest BCUT2D eigenvalue weighted by atomic mass is 9.79. The predicted molar refractivity (Wildman–Crippen MR) is 84.9 cm³/mol. The highest BCUT2D eigenvalue weighted by molar-refractivity contribution is 5.86. The molecule has 1 aliphatic heterocycles. The fourth-order valence-corrected chi connectivity index (χ4v) is 3.95. The molecule has 2 unspecified atom stereocenters. The Balaban J connectivity index is 1.48. The summed E-state index contributed by atoms with van der Waals surface area (Å²) < 4.78 is 0. The molecule has 2 aliphatic carbocycles. The van der Waals surface area contributed by atoms with Crippen LogP contribution in [0.1, 0.15) is 58.8 Å². The average Bonchev–Trinajstić information content (AvgIpc) is 2.99. The van der Waals surface area contributed by atoms with Gasteiger partial charge in [0, 0.05) is 25.7 Å². The first-order chi connectivity index (χ1) is 9.92. The number of nitrogens with zero attached hydrogens (tertiary/aromatic N) is 1. The maximum absolute atomic E-state index is 12.6. The molecule has 0 aromatic heterocycles. The first kappa shape index (κ1) is 15.3. The predicted octanol–water partition coefficient (Wildman–Crippen LogP) is 1.88. The lowest BCUT2D eigenvalue weighted by Gasteiger charge is -2.42. The molecule has 0 spiro atoms. The molecule has 3 N–H and O–H groups in total. The summed E-state index contributed by atoms with van der Waals surface area (Å²) in [5.74, 6) is 1.07. The van der Waals surface area contributed by atoms with Crippen molar-refractivity contribution < 1.29 is 4.79 Å². The monoisotopic (exact) mass is 293 g/mol. The number of hydrogen-bond donors (Lipinski definition) is 2. The number of carbonyl (C=O) groups excluding carboxylic acids is 1. The van der Waals surface area contributed by atoms with Gasteiger partial charge in [0.25, 0.3) is 0 Å². The smallest absolute Gasteiger partial charge is 0.242 e. The van der Waals surface area contributed by atoms with Gasteiger partial charge < -0.3 is 16.0 Å². The second kappa shape index (κ2) is 5.54. The van der Waals surface area contributed by atoms with Crippen LogP contribution in [0.25, 0.3) is 0 Å². The summed E-state index contributed by atoms with van der Waals surface area (Å²) in [6.07, 6.45) is 7.50. The molecule has 2 saturated carbocycles. The van der Waals surface area contributed by atoms with E-state index in [2.05, 4.69) is 19.2 Å². The second-order valence-corrected chi connectivity index (χ2v) is 8.17. The second-order valence-electron chi connectivity index (χ2n) is 8.17. The van der Waals surface area contributed by atoms with Gasteiger partial charge in [0.15, 0.2) is 0 Å². The van der Waals surface area contributed by atoms with Gasteiger partial charge in [-0.15, -0.1) is 0 Å². The lowest BCUT2D eigenvalue weighted by Crippen LogP contribution is -2.56. The number of likely N-dealkylation sites (tertiary alicyclic amines) is 1. The van der Waals surface area contributed by atoms with E-state index < -0.39 is 5.54 Å². The van der Waals surface area contributed by atoms with E-state index in [1.165, 1.54) is 6.42 Å². The minimum absolute atomic E-state index is 0.214. The van der Waals surface area contributed by atoms with Gasteiger partial charge in [0.1, 0.15) is 0 Å². The minimum atomic E-state index is -0.546. The Kier molecular flexibility index (Phi) is 4.04. The van der Waals surface area contributed by atoms with E-state index in [9.17, 15) is 4.79 Å². The third-order valence-electron chi connectivity index (χ3n) is 6.08. The molecule has 0 bridgehead atoms. The van der Waals surface area contributed by atoms with Crippen molar-refractivity contribution in [1.82, 2.24) is 10.2 Å². The Hall–Kier alpha value is -0.610. The number of rotatable bonds is 4. The van der Waals surface area contributed by atoms with Crippen LogP contribution in [0.5, 0.6) is 0 Å². The summed E-state index contributed by atoms with van der Waals surface area (Å²) in [5.41, 5.74) is 6.12. The molecular formula is C17H31N3O. The normalized spacial score (nSPS) is 34.0. The van der Waals surface area contributed by atoms with Crippen molar-refractivity contribution in [1.29, 1.82) is 0 Å². The summed E-state index contributed by atoms with van der Waals surface area (Å²) in [4.78, 5) is 14.7. The van der Waals surface area contributed by atoms with Crippen LogP contribution in [0.15, 0.2) is 0 Å². The van der Waals surface area contributed by atoms with E-state index in [1.807, 2.05) is 4.90 Å². The Morgan fingerprint density at radius 1 is 1.24 bits per heavy atom. The maximum atomic E-state index is 12.6. The minimum Gasteiger partial charge on any atom is -0.341 e. The molecule has 1 heterocycles. The number of nitrogens with two attached hydrogens (primary N) is 1. The molecule has 3 aliphatic rings. The van der Waals surface area contributed by atoms with Crippen LogP contribution in [-0.4, -0.2) is 42.0 Å².